The zero-order chi connectivity index (χ0) is 48.3. The predicted molar refractivity (Wildman–Crippen MR) is 306 cm³/mol. The van der Waals surface area contributed by atoms with Crippen LogP contribution in [0.1, 0.15) is 22.3 Å². The number of hydrogen-bond donors (Lipinski definition) is 0. The first-order valence-electron chi connectivity index (χ1n) is 25.2. The second kappa shape index (κ2) is 17.4. The Hall–Kier alpha value is -9.50. The van der Waals surface area contributed by atoms with Gasteiger partial charge in [-0.25, -0.2) is 0 Å². The molecule has 0 fully saturated rings. The van der Waals surface area contributed by atoms with Crippen LogP contribution in [-0.4, -0.2) is 0 Å². The molecule has 1 atom stereocenters. The Kier molecular flexibility index (Phi) is 10.1. The molecular formula is C71H48N2. The van der Waals surface area contributed by atoms with Gasteiger partial charge in [-0.05, 0) is 144 Å². The van der Waals surface area contributed by atoms with E-state index in [9.17, 15) is 0 Å². The Bertz CT molecular complexity index is 4000. The standard InChI is InChI=1S/C71H48N2/c1-5-21-49(22-6-1)50-37-39-56(40-38-50)72(69-36-20-17-31-59(69)51-23-7-2-8-24-51)57-41-43-62-60-32-15-18-34-65(60)71(67(62)47-57)66-35-19-16-33-61(66)63-44-42-58(48-68(63)71)73(55-29-11-4-12-30-55)70-46-54-28-14-13-27-53(54)45-64(70)52-25-9-3-10-26-52/h1-48H. The smallest absolute Gasteiger partial charge is 0.0727 e. The predicted octanol–water partition coefficient (Wildman–Crippen LogP) is 19.1. The molecule has 0 aliphatic heterocycles. The highest BCUT2D eigenvalue weighted by molar-refractivity contribution is 6.01. The van der Waals surface area contributed by atoms with Gasteiger partial charge in [-0.3, -0.25) is 0 Å². The van der Waals surface area contributed by atoms with Gasteiger partial charge >= 0.3 is 0 Å². The Balaban J connectivity index is 1.02. The minimum Gasteiger partial charge on any atom is -0.310 e. The van der Waals surface area contributed by atoms with Crippen molar-refractivity contribution in [1.29, 1.82) is 0 Å². The van der Waals surface area contributed by atoms with Crippen LogP contribution < -0.4 is 9.80 Å². The summed E-state index contributed by atoms with van der Waals surface area (Å²) in [7, 11) is 0. The van der Waals surface area contributed by atoms with Gasteiger partial charge in [0, 0.05) is 33.9 Å². The van der Waals surface area contributed by atoms with Crippen molar-refractivity contribution in [2.45, 2.75) is 5.41 Å². The first-order chi connectivity index (χ1) is 36.2. The zero-order valence-corrected chi connectivity index (χ0v) is 40.1. The fourth-order valence-electron chi connectivity index (χ4n) is 12.1. The van der Waals surface area contributed by atoms with Gasteiger partial charge in [-0.15, -0.1) is 0 Å². The maximum absolute atomic E-state index is 2.51. The van der Waals surface area contributed by atoms with E-state index in [4.69, 9.17) is 0 Å². The normalized spacial score (nSPS) is 13.8. The molecule has 12 aromatic rings. The van der Waals surface area contributed by atoms with Crippen LogP contribution in [0.3, 0.4) is 0 Å². The number of anilines is 6. The number of rotatable bonds is 9. The van der Waals surface area contributed by atoms with Crippen molar-refractivity contribution in [2.75, 3.05) is 9.80 Å². The monoisotopic (exact) mass is 928 g/mol. The molecule has 12 aromatic carbocycles. The Morgan fingerprint density at radius 2 is 0.589 bits per heavy atom. The van der Waals surface area contributed by atoms with Crippen LogP contribution in [0.25, 0.3) is 66.4 Å². The highest BCUT2D eigenvalue weighted by atomic mass is 15.2. The lowest BCUT2D eigenvalue weighted by atomic mass is 9.70. The van der Waals surface area contributed by atoms with Gasteiger partial charge in [0.2, 0.25) is 0 Å². The maximum atomic E-state index is 2.51. The average molecular weight is 929 g/mol. The molecule has 0 radical (unpaired) electrons. The summed E-state index contributed by atoms with van der Waals surface area (Å²) >= 11 is 0. The lowest BCUT2D eigenvalue weighted by molar-refractivity contribution is 0.793. The molecule has 14 rings (SSSR count). The molecule has 0 heterocycles. The Morgan fingerprint density at radius 3 is 1.16 bits per heavy atom. The molecule has 0 N–H and O–H groups in total. The van der Waals surface area contributed by atoms with Crippen molar-refractivity contribution in [3.05, 3.63) is 313 Å². The molecule has 1 unspecified atom stereocenters. The maximum Gasteiger partial charge on any atom is 0.0727 e. The van der Waals surface area contributed by atoms with Crippen molar-refractivity contribution < 1.29 is 0 Å². The van der Waals surface area contributed by atoms with E-state index >= 15 is 0 Å². The van der Waals surface area contributed by atoms with E-state index in [0.717, 1.165) is 34.1 Å². The Morgan fingerprint density at radius 1 is 0.205 bits per heavy atom. The average Bonchev–Trinajstić information content (AvgIpc) is 3.93. The fraction of sp³-hybridized carbons (Fsp3) is 0.0141. The molecule has 73 heavy (non-hydrogen) atoms. The minimum absolute atomic E-state index is 0.625. The highest BCUT2D eigenvalue weighted by Crippen LogP contribution is 2.64. The summed E-state index contributed by atoms with van der Waals surface area (Å²) in [6, 6.07) is 107. The molecule has 0 saturated heterocycles. The van der Waals surface area contributed by atoms with Gasteiger partial charge in [0.1, 0.15) is 0 Å². The quantitative estimate of drug-likeness (QED) is 0.142. The van der Waals surface area contributed by atoms with Crippen molar-refractivity contribution in [1.82, 2.24) is 0 Å². The molecule has 0 saturated carbocycles. The molecule has 0 aromatic heterocycles. The topological polar surface area (TPSA) is 6.48 Å². The summed E-state index contributed by atoms with van der Waals surface area (Å²) in [5.74, 6) is 0. The van der Waals surface area contributed by atoms with E-state index in [1.165, 1.54) is 88.7 Å². The second-order valence-corrected chi connectivity index (χ2v) is 19.2. The molecule has 342 valence electrons. The lowest BCUT2D eigenvalue weighted by Gasteiger charge is -2.34. The first-order valence-corrected chi connectivity index (χ1v) is 25.2. The van der Waals surface area contributed by atoms with Crippen LogP contribution in [0, 0.1) is 0 Å². The van der Waals surface area contributed by atoms with Crippen molar-refractivity contribution in [2.24, 2.45) is 0 Å². The SMILES string of the molecule is c1ccc(-c2ccc(N(c3ccc4c(c3)C3(c5ccccc5-4)c4ccccc4-c4ccc(N(c5ccccc5)c5cc6ccccc6cc5-c5ccccc5)cc43)c3ccccc3-c3ccccc3)cc2)cc1. The van der Waals surface area contributed by atoms with Gasteiger partial charge in [-0.1, -0.05) is 224 Å². The molecule has 0 amide bonds. The summed E-state index contributed by atoms with van der Waals surface area (Å²) in [6.45, 7) is 0. The van der Waals surface area contributed by atoms with Crippen molar-refractivity contribution in [3.8, 4) is 55.6 Å². The summed E-state index contributed by atoms with van der Waals surface area (Å²) in [6.07, 6.45) is 0. The van der Waals surface area contributed by atoms with E-state index in [1.807, 2.05) is 0 Å². The van der Waals surface area contributed by atoms with Crippen molar-refractivity contribution >= 4 is 44.9 Å². The van der Waals surface area contributed by atoms with E-state index < -0.39 is 5.41 Å². The number of benzene rings is 12. The van der Waals surface area contributed by atoms with Gasteiger partial charge in [0.25, 0.3) is 0 Å². The third-order valence-corrected chi connectivity index (χ3v) is 15.2. The van der Waals surface area contributed by atoms with Crippen LogP contribution >= 0.6 is 0 Å². The van der Waals surface area contributed by atoms with E-state index in [0.29, 0.717) is 0 Å². The number of para-hydroxylation sites is 2. The van der Waals surface area contributed by atoms with Crippen LogP contribution in [0.2, 0.25) is 0 Å². The summed E-state index contributed by atoms with van der Waals surface area (Å²) in [4.78, 5) is 4.94. The number of nitrogens with zero attached hydrogens (tertiary/aromatic N) is 2. The molecule has 2 nitrogen and oxygen atoms in total. The second-order valence-electron chi connectivity index (χ2n) is 19.2. The summed E-state index contributed by atoms with van der Waals surface area (Å²) in [5.41, 5.74) is 23.3. The van der Waals surface area contributed by atoms with E-state index in [1.54, 1.807) is 0 Å². The van der Waals surface area contributed by atoms with E-state index in [-0.39, 0.29) is 0 Å². The largest absolute Gasteiger partial charge is 0.310 e. The van der Waals surface area contributed by atoms with Crippen LogP contribution in [-0.2, 0) is 5.41 Å². The zero-order valence-electron chi connectivity index (χ0n) is 40.1. The summed E-state index contributed by atoms with van der Waals surface area (Å²) in [5, 5.41) is 2.41. The van der Waals surface area contributed by atoms with Crippen LogP contribution in [0.5, 0.6) is 0 Å². The third kappa shape index (κ3) is 6.87. The van der Waals surface area contributed by atoms with Gasteiger partial charge in [0.05, 0.1) is 16.8 Å². The fourth-order valence-corrected chi connectivity index (χ4v) is 12.1. The number of hydrogen-bond acceptors (Lipinski definition) is 2. The van der Waals surface area contributed by atoms with Gasteiger partial charge in [-0.2, -0.15) is 0 Å². The Labute approximate surface area is 427 Å². The van der Waals surface area contributed by atoms with Crippen molar-refractivity contribution in [3.63, 3.8) is 0 Å². The first kappa shape index (κ1) is 42.4. The van der Waals surface area contributed by atoms with E-state index in [2.05, 4.69) is 301 Å². The minimum atomic E-state index is -0.625. The molecule has 1 spiro atoms. The third-order valence-electron chi connectivity index (χ3n) is 15.2. The lowest BCUT2D eigenvalue weighted by Crippen LogP contribution is -2.26. The van der Waals surface area contributed by atoms with Crippen LogP contribution in [0.15, 0.2) is 291 Å². The number of fused-ring (bicyclic) bond motifs is 11. The molecule has 2 aliphatic rings. The van der Waals surface area contributed by atoms with Gasteiger partial charge in [0.15, 0.2) is 0 Å². The van der Waals surface area contributed by atoms with Crippen LogP contribution in [0.4, 0.5) is 34.1 Å². The molecule has 2 heteroatoms. The summed E-state index contributed by atoms with van der Waals surface area (Å²) < 4.78 is 0. The molecule has 2 aliphatic carbocycles. The van der Waals surface area contributed by atoms with Gasteiger partial charge < -0.3 is 9.80 Å². The highest BCUT2D eigenvalue weighted by Gasteiger charge is 2.52. The molecule has 0 bridgehead atoms. The molecular weight excluding hydrogens is 881 g/mol.